The molecule has 0 aliphatic heterocycles. The Kier molecular flexibility index (Phi) is 2.78. The molecular formula is C8H8N2O4. The maximum Gasteiger partial charge on any atom is 0.311 e. The van der Waals surface area contributed by atoms with Crippen molar-refractivity contribution in [3.8, 4) is 5.75 Å². The van der Waals surface area contributed by atoms with E-state index in [1.807, 2.05) is 0 Å². The molecule has 0 aromatic heterocycles. The van der Waals surface area contributed by atoms with Crippen molar-refractivity contribution in [2.45, 2.75) is 0 Å². The van der Waals surface area contributed by atoms with Gasteiger partial charge < -0.3 is 10.8 Å². The van der Waals surface area contributed by atoms with Crippen molar-refractivity contribution in [1.29, 1.82) is 0 Å². The lowest BCUT2D eigenvalue weighted by atomic mass is 10.1. The summed E-state index contributed by atoms with van der Waals surface area (Å²) in [6.07, 6.45) is 0. The Morgan fingerprint density at radius 1 is 1.57 bits per heavy atom. The van der Waals surface area contributed by atoms with Crippen molar-refractivity contribution in [2.24, 2.45) is 5.73 Å². The standard InChI is InChI=1S/C8H8N2O4/c9-4-8(12)5-1-2-7(11)6(3-5)10(13)14/h1-3,11H,4,9H2. The Balaban J connectivity index is 3.19. The fourth-order valence-corrected chi connectivity index (χ4v) is 0.961. The number of benzene rings is 1. The lowest BCUT2D eigenvalue weighted by molar-refractivity contribution is -0.385. The second kappa shape index (κ2) is 3.84. The zero-order chi connectivity index (χ0) is 10.7. The lowest BCUT2D eigenvalue weighted by Crippen LogP contribution is -2.13. The summed E-state index contributed by atoms with van der Waals surface area (Å²) < 4.78 is 0. The van der Waals surface area contributed by atoms with Crippen LogP contribution in [0.2, 0.25) is 0 Å². The number of carbonyl (C=O) groups is 1. The third-order valence-electron chi connectivity index (χ3n) is 1.68. The molecule has 0 radical (unpaired) electrons. The van der Waals surface area contributed by atoms with Crippen LogP contribution in [0.3, 0.4) is 0 Å². The van der Waals surface area contributed by atoms with Crippen LogP contribution in [0.25, 0.3) is 0 Å². The van der Waals surface area contributed by atoms with Gasteiger partial charge in [-0.1, -0.05) is 0 Å². The molecule has 0 saturated carbocycles. The zero-order valence-electron chi connectivity index (χ0n) is 7.14. The van der Waals surface area contributed by atoms with Crippen LogP contribution >= 0.6 is 0 Å². The molecule has 0 spiro atoms. The second-order valence-electron chi connectivity index (χ2n) is 2.59. The van der Waals surface area contributed by atoms with Gasteiger partial charge in [0.1, 0.15) is 0 Å². The SMILES string of the molecule is NCC(=O)c1ccc(O)c([N+](=O)[O-])c1. The zero-order valence-corrected chi connectivity index (χ0v) is 7.14. The number of phenols is 1. The van der Waals surface area contributed by atoms with Gasteiger partial charge in [0, 0.05) is 11.6 Å². The average molecular weight is 196 g/mol. The minimum atomic E-state index is -0.761. The number of rotatable bonds is 3. The van der Waals surface area contributed by atoms with Gasteiger partial charge in [-0.3, -0.25) is 14.9 Å². The number of hydrogen-bond donors (Lipinski definition) is 2. The highest BCUT2D eigenvalue weighted by molar-refractivity contribution is 5.98. The monoisotopic (exact) mass is 196 g/mol. The van der Waals surface area contributed by atoms with Crippen molar-refractivity contribution in [3.63, 3.8) is 0 Å². The number of phenolic OH excluding ortho intramolecular Hbond substituents is 1. The van der Waals surface area contributed by atoms with Gasteiger partial charge in [0.15, 0.2) is 11.5 Å². The van der Waals surface area contributed by atoms with E-state index in [1.54, 1.807) is 0 Å². The van der Waals surface area contributed by atoms with Gasteiger partial charge in [-0.2, -0.15) is 0 Å². The molecule has 0 fully saturated rings. The maximum atomic E-state index is 11.1. The largest absolute Gasteiger partial charge is 0.502 e. The minimum Gasteiger partial charge on any atom is -0.502 e. The van der Waals surface area contributed by atoms with E-state index in [0.29, 0.717) is 0 Å². The number of ketones is 1. The van der Waals surface area contributed by atoms with Crippen LogP contribution < -0.4 is 5.73 Å². The Hall–Kier alpha value is -1.95. The summed E-state index contributed by atoms with van der Waals surface area (Å²) in [4.78, 5) is 20.7. The number of nitrogens with zero attached hydrogens (tertiary/aromatic N) is 1. The fraction of sp³-hybridized carbons (Fsp3) is 0.125. The Morgan fingerprint density at radius 2 is 2.21 bits per heavy atom. The van der Waals surface area contributed by atoms with Crippen LogP contribution in [0.1, 0.15) is 10.4 Å². The molecule has 0 aliphatic carbocycles. The molecule has 0 heterocycles. The van der Waals surface area contributed by atoms with Crippen LogP contribution in [0.4, 0.5) is 5.69 Å². The van der Waals surface area contributed by atoms with Gasteiger partial charge in [0.2, 0.25) is 0 Å². The van der Waals surface area contributed by atoms with Crippen LogP contribution in [0, 0.1) is 10.1 Å². The fourth-order valence-electron chi connectivity index (χ4n) is 0.961. The van der Waals surface area contributed by atoms with Gasteiger partial charge in [0.05, 0.1) is 11.5 Å². The predicted molar refractivity (Wildman–Crippen MR) is 48.1 cm³/mol. The highest BCUT2D eigenvalue weighted by Crippen LogP contribution is 2.26. The molecule has 0 bridgehead atoms. The molecule has 1 aromatic carbocycles. The Bertz CT molecular complexity index is 389. The van der Waals surface area contributed by atoms with E-state index in [9.17, 15) is 14.9 Å². The molecule has 0 unspecified atom stereocenters. The van der Waals surface area contributed by atoms with Crippen LogP contribution in [0.5, 0.6) is 5.75 Å². The van der Waals surface area contributed by atoms with Gasteiger partial charge in [0.25, 0.3) is 0 Å². The highest BCUT2D eigenvalue weighted by atomic mass is 16.6. The van der Waals surface area contributed by atoms with Gasteiger partial charge in [-0.15, -0.1) is 0 Å². The van der Waals surface area contributed by atoms with E-state index in [0.717, 1.165) is 12.1 Å². The van der Waals surface area contributed by atoms with E-state index in [4.69, 9.17) is 10.8 Å². The number of nitro benzene ring substituents is 1. The second-order valence-corrected chi connectivity index (χ2v) is 2.59. The first-order valence-electron chi connectivity index (χ1n) is 3.77. The number of nitrogens with two attached hydrogens (primary N) is 1. The molecule has 1 aromatic rings. The molecule has 0 aliphatic rings. The van der Waals surface area contributed by atoms with Gasteiger partial charge in [-0.05, 0) is 12.1 Å². The summed E-state index contributed by atoms with van der Waals surface area (Å²) in [5.41, 5.74) is 4.71. The van der Waals surface area contributed by atoms with E-state index in [-0.39, 0.29) is 12.1 Å². The van der Waals surface area contributed by atoms with Crippen molar-refractivity contribution in [2.75, 3.05) is 6.54 Å². The van der Waals surface area contributed by atoms with Crippen molar-refractivity contribution >= 4 is 11.5 Å². The summed E-state index contributed by atoms with van der Waals surface area (Å²) in [5.74, 6) is -0.878. The highest BCUT2D eigenvalue weighted by Gasteiger charge is 2.15. The van der Waals surface area contributed by atoms with E-state index in [2.05, 4.69) is 0 Å². The molecule has 6 heteroatoms. The summed E-state index contributed by atoms with van der Waals surface area (Å²) >= 11 is 0. The summed E-state index contributed by atoms with van der Waals surface area (Å²) in [5, 5.41) is 19.5. The molecule has 6 nitrogen and oxygen atoms in total. The van der Waals surface area contributed by atoms with Crippen LogP contribution in [-0.4, -0.2) is 22.4 Å². The van der Waals surface area contributed by atoms with E-state index in [1.165, 1.54) is 6.07 Å². The number of nitro groups is 1. The minimum absolute atomic E-state index is 0.122. The van der Waals surface area contributed by atoms with Crippen molar-refractivity contribution < 1.29 is 14.8 Å². The van der Waals surface area contributed by atoms with Gasteiger partial charge in [-0.25, -0.2) is 0 Å². The maximum absolute atomic E-state index is 11.1. The summed E-state index contributed by atoms with van der Waals surface area (Å²) in [7, 11) is 0. The normalized spacial score (nSPS) is 9.79. The molecule has 0 amide bonds. The number of aromatic hydroxyl groups is 1. The first kappa shape index (κ1) is 10.1. The number of Topliss-reactive ketones (excluding diaryl/α,β-unsaturated/α-hetero) is 1. The first-order chi connectivity index (χ1) is 6.56. The molecule has 14 heavy (non-hydrogen) atoms. The smallest absolute Gasteiger partial charge is 0.311 e. The third-order valence-corrected chi connectivity index (χ3v) is 1.68. The lowest BCUT2D eigenvalue weighted by Gasteiger charge is -1.99. The topological polar surface area (TPSA) is 106 Å². The molecular weight excluding hydrogens is 188 g/mol. The van der Waals surface area contributed by atoms with Crippen molar-refractivity contribution in [1.82, 2.24) is 0 Å². The molecule has 74 valence electrons. The number of hydrogen-bond acceptors (Lipinski definition) is 5. The summed E-state index contributed by atoms with van der Waals surface area (Å²) in [6, 6.07) is 3.39. The van der Waals surface area contributed by atoms with Gasteiger partial charge >= 0.3 is 5.69 Å². The Labute approximate surface area is 79.1 Å². The molecule has 0 atom stereocenters. The van der Waals surface area contributed by atoms with Crippen molar-refractivity contribution in [3.05, 3.63) is 33.9 Å². The molecule has 3 N–H and O–H groups in total. The van der Waals surface area contributed by atoms with E-state index < -0.39 is 22.1 Å². The predicted octanol–water partition coefficient (Wildman–Crippen LogP) is 0.442. The molecule has 1 rings (SSSR count). The summed E-state index contributed by atoms with van der Waals surface area (Å²) in [6.45, 7) is -0.220. The van der Waals surface area contributed by atoms with Crippen LogP contribution in [-0.2, 0) is 0 Å². The van der Waals surface area contributed by atoms with E-state index >= 15 is 0 Å². The first-order valence-corrected chi connectivity index (χ1v) is 3.77. The quantitative estimate of drug-likeness (QED) is 0.414. The van der Waals surface area contributed by atoms with Crippen LogP contribution in [0.15, 0.2) is 18.2 Å². The molecule has 0 saturated heterocycles. The average Bonchev–Trinajstić information content (AvgIpc) is 2.17. The Morgan fingerprint density at radius 3 is 2.71 bits per heavy atom. The number of carbonyl (C=O) groups excluding carboxylic acids is 1. The third kappa shape index (κ3) is 1.86.